The SMILES string of the molecule is [B]OCP(CO)c1ccccc1. The summed E-state index contributed by atoms with van der Waals surface area (Å²) in [6.45, 7) is 0. The Kier molecular flexibility index (Phi) is 4.30. The summed E-state index contributed by atoms with van der Waals surface area (Å²) in [6.07, 6.45) is 0.534. The van der Waals surface area contributed by atoms with Crippen molar-refractivity contribution in [3.8, 4) is 0 Å². The number of aliphatic hydroxyl groups excluding tert-OH is 1. The van der Waals surface area contributed by atoms with E-state index in [1.54, 1.807) is 0 Å². The van der Waals surface area contributed by atoms with E-state index in [1.165, 1.54) is 0 Å². The van der Waals surface area contributed by atoms with Crippen molar-refractivity contribution in [1.29, 1.82) is 0 Å². The zero-order valence-electron chi connectivity index (χ0n) is 6.68. The van der Waals surface area contributed by atoms with Crippen molar-refractivity contribution in [2.24, 2.45) is 0 Å². The van der Waals surface area contributed by atoms with Gasteiger partial charge in [0.15, 0.2) is 0 Å². The van der Waals surface area contributed by atoms with Crippen molar-refractivity contribution in [2.75, 3.05) is 12.7 Å². The molecule has 1 unspecified atom stereocenters. The molecule has 0 bridgehead atoms. The van der Waals surface area contributed by atoms with E-state index >= 15 is 0 Å². The molecular weight excluding hydrogens is 170 g/mol. The van der Waals surface area contributed by atoms with E-state index in [4.69, 9.17) is 13.2 Å². The van der Waals surface area contributed by atoms with Gasteiger partial charge in [-0.15, -0.1) is 0 Å². The molecule has 0 amide bonds. The summed E-state index contributed by atoms with van der Waals surface area (Å²) < 4.78 is 4.52. The molecule has 4 heteroatoms. The molecule has 0 saturated heterocycles. The summed E-state index contributed by atoms with van der Waals surface area (Å²) in [5, 5.41) is 10.1. The predicted molar refractivity (Wildman–Crippen MR) is 51.8 cm³/mol. The van der Waals surface area contributed by atoms with Crippen LogP contribution in [-0.4, -0.2) is 25.9 Å². The highest BCUT2D eigenvalue weighted by Crippen LogP contribution is 2.31. The third-order valence-electron chi connectivity index (χ3n) is 1.52. The highest BCUT2D eigenvalue weighted by Gasteiger charge is 2.07. The lowest BCUT2D eigenvalue weighted by molar-refractivity contribution is 0.362. The Morgan fingerprint density at radius 2 is 2.00 bits per heavy atom. The normalized spacial score (nSPS) is 12.8. The minimum absolute atomic E-state index is 0.122. The van der Waals surface area contributed by atoms with E-state index < -0.39 is 7.92 Å². The maximum absolute atomic E-state index is 9.00. The summed E-state index contributed by atoms with van der Waals surface area (Å²) in [4.78, 5) is 0. The van der Waals surface area contributed by atoms with E-state index in [1.807, 2.05) is 30.3 Å². The van der Waals surface area contributed by atoms with Gasteiger partial charge in [0.1, 0.15) is 0 Å². The molecule has 1 rings (SSSR count). The van der Waals surface area contributed by atoms with Gasteiger partial charge in [0, 0.05) is 0 Å². The molecule has 0 aromatic heterocycles. The van der Waals surface area contributed by atoms with Crippen molar-refractivity contribution in [1.82, 2.24) is 0 Å². The molecular formula is C8H10BO2P. The first kappa shape index (κ1) is 9.72. The minimum atomic E-state index is -0.645. The monoisotopic (exact) mass is 180 g/mol. The van der Waals surface area contributed by atoms with Crippen molar-refractivity contribution >= 4 is 21.3 Å². The molecule has 62 valence electrons. The molecule has 2 nitrogen and oxygen atoms in total. The van der Waals surface area contributed by atoms with Crippen LogP contribution in [0.5, 0.6) is 0 Å². The zero-order valence-corrected chi connectivity index (χ0v) is 7.58. The Hall–Kier alpha value is -0.365. The molecule has 0 spiro atoms. The third-order valence-corrected chi connectivity index (χ3v) is 3.35. The number of aliphatic hydroxyl groups is 1. The van der Waals surface area contributed by atoms with Crippen LogP contribution in [0.25, 0.3) is 0 Å². The van der Waals surface area contributed by atoms with Crippen LogP contribution in [0.1, 0.15) is 0 Å². The third kappa shape index (κ3) is 2.60. The van der Waals surface area contributed by atoms with Crippen LogP contribution in [0.2, 0.25) is 0 Å². The molecule has 0 heterocycles. The van der Waals surface area contributed by atoms with Crippen LogP contribution in [0.15, 0.2) is 30.3 Å². The lowest BCUT2D eigenvalue weighted by atomic mass is 10.4. The first-order chi connectivity index (χ1) is 5.88. The quantitative estimate of drug-likeness (QED) is 0.548. The van der Waals surface area contributed by atoms with Crippen LogP contribution >= 0.6 is 7.92 Å². The summed E-state index contributed by atoms with van der Waals surface area (Å²) >= 11 is 0. The second-order valence-electron chi connectivity index (χ2n) is 2.31. The van der Waals surface area contributed by atoms with Crippen LogP contribution in [0.4, 0.5) is 0 Å². The minimum Gasteiger partial charge on any atom is -0.443 e. The van der Waals surface area contributed by atoms with Gasteiger partial charge >= 0.3 is 0 Å². The average molecular weight is 180 g/mol. The zero-order chi connectivity index (χ0) is 8.81. The largest absolute Gasteiger partial charge is 0.443 e. The highest BCUT2D eigenvalue weighted by atomic mass is 31.1. The van der Waals surface area contributed by atoms with Crippen LogP contribution in [0.3, 0.4) is 0 Å². The maximum atomic E-state index is 9.00. The Bertz CT molecular complexity index is 218. The fourth-order valence-electron chi connectivity index (χ4n) is 0.926. The number of benzene rings is 1. The van der Waals surface area contributed by atoms with Gasteiger partial charge in [-0.05, 0) is 13.2 Å². The van der Waals surface area contributed by atoms with Crippen molar-refractivity contribution < 1.29 is 9.76 Å². The topological polar surface area (TPSA) is 29.5 Å². The number of rotatable bonds is 4. The Balaban J connectivity index is 2.66. The maximum Gasteiger partial charge on any atom is 0.283 e. The lowest BCUT2D eigenvalue weighted by Crippen LogP contribution is -2.06. The van der Waals surface area contributed by atoms with Crippen molar-refractivity contribution in [3.05, 3.63) is 30.3 Å². The van der Waals surface area contributed by atoms with E-state index in [2.05, 4.69) is 4.65 Å². The standard InChI is InChI=1S/C8H10BO2P/c9-11-7-12(6-10)8-4-2-1-3-5-8/h1-5,10H,6-7H2. The van der Waals surface area contributed by atoms with Gasteiger partial charge in [0.05, 0.1) is 12.7 Å². The molecule has 0 fully saturated rings. The summed E-state index contributed by atoms with van der Waals surface area (Å²) in [6, 6.07) is 9.77. The summed E-state index contributed by atoms with van der Waals surface area (Å²) in [7, 11) is 4.30. The summed E-state index contributed by atoms with van der Waals surface area (Å²) in [5.41, 5.74) is 0. The highest BCUT2D eigenvalue weighted by molar-refractivity contribution is 7.65. The molecule has 2 radical (unpaired) electrons. The molecule has 0 aliphatic carbocycles. The van der Waals surface area contributed by atoms with Gasteiger partial charge in [0.25, 0.3) is 8.05 Å². The molecule has 1 atom stereocenters. The summed E-state index contributed by atoms with van der Waals surface area (Å²) in [5.74, 6) is 0. The van der Waals surface area contributed by atoms with Gasteiger partial charge < -0.3 is 9.76 Å². The van der Waals surface area contributed by atoms with Crippen LogP contribution in [-0.2, 0) is 4.65 Å². The molecule has 0 aliphatic rings. The van der Waals surface area contributed by atoms with Crippen molar-refractivity contribution in [2.45, 2.75) is 0 Å². The molecule has 12 heavy (non-hydrogen) atoms. The van der Waals surface area contributed by atoms with Gasteiger partial charge in [-0.2, -0.15) is 0 Å². The van der Waals surface area contributed by atoms with Crippen LogP contribution < -0.4 is 5.30 Å². The fraction of sp³-hybridized carbons (Fsp3) is 0.250. The van der Waals surface area contributed by atoms with Gasteiger partial charge in [-0.3, -0.25) is 0 Å². The lowest BCUT2D eigenvalue weighted by Gasteiger charge is -2.13. The van der Waals surface area contributed by atoms with Gasteiger partial charge in [-0.1, -0.05) is 30.3 Å². The molecule has 1 aromatic carbocycles. The number of hydrogen-bond donors (Lipinski definition) is 1. The average Bonchev–Trinajstić information content (AvgIpc) is 2.15. The predicted octanol–water partition coefficient (Wildman–Crippen LogP) is 0.801. The molecule has 0 aliphatic heterocycles. The van der Waals surface area contributed by atoms with E-state index in [0.717, 1.165) is 5.30 Å². The Morgan fingerprint density at radius 3 is 2.50 bits per heavy atom. The Labute approximate surface area is 74.8 Å². The van der Waals surface area contributed by atoms with E-state index in [9.17, 15) is 0 Å². The van der Waals surface area contributed by atoms with Gasteiger partial charge in [0.2, 0.25) is 0 Å². The molecule has 1 aromatic rings. The fourth-order valence-corrected chi connectivity index (χ4v) is 2.09. The second kappa shape index (κ2) is 5.31. The van der Waals surface area contributed by atoms with E-state index in [-0.39, 0.29) is 6.35 Å². The molecule has 0 saturated carbocycles. The number of hydrogen-bond acceptors (Lipinski definition) is 2. The second-order valence-corrected chi connectivity index (χ2v) is 4.45. The first-order valence-electron chi connectivity index (χ1n) is 3.61. The van der Waals surface area contributed by atoms with E-state index in [0.29, 0.717) is 6.35 Å². The smallest absolute Gasteiger partial charge is 0.283 e. The van der Waals surface area contributed by atoms with Gasteiger partial charge in [-0.25, -0.2) is 0 Å². The first-order valence-corrected chi connectivity index (χ1v) is 5.32. The van der Waals surface area contributed by atoms with Crippen LogP contribution in [0, 0.1) is 0 Å². The Morgan fingerprint density at radius 1 is 1.33 bits per heavy atom. The molecule has 1 N–H and O–H groups in total. The van der Waals surface area contributed by atoms with Crippen molar-refractivity contribution in [3.63, 3.8) is 0 Å².